The van der Waals surface area contributed by atoms with E-state index >= 15 is 0 Å². The Hall–Kier alpha value is -1.68. The number of carbonyl (C=O) groups excluding carboxylic acids is 1. The van der Waals surface area contributed by atoms with Crippen LogP contribution in [-0.4, -0.2) is 22.0 Å². The van der Waals surface area contributed by atoms with Crippen LogP contribution in [0.3, 0.4) is 0 Å². The summed E-state index contributed by atoms with van der Waals surface area (Å²) in [5.74, 6) is 0.0294. The second-order valence-corrected chi connectivity index (χ2v) is 8.24. The average molecular weight is 389 g/mol. The Balaban J connectivity index is 1.84. The minimum absolute atomic E-state index is 0.0970. The van der Waals surface area contributed by atoms with Gasteiger partial charge in [0.25, 0.3) is 0 Å². The van der Waals surface area contributed by atoms with Gasteiger partial charge in [0.2, 0.25) is 0 Å². The minimum Gasteiger partial charge on any atom is -0.481 e. The molecule has 1 aliphatic carbocycles. The van der Waals surface area contributed by atoms with Gasteiger partial charge in [-0.1, -0.05) is 69.7 Å². The van der Waals surface area contributed by atoms with Crippen LogP contribution in [0.5, 0.6) is 0 Å². The van der Waals surface area contributed by atoms with Crippen molar-refractivity contribution >= 4 is 11.8 Å². The van der Waals surface area contributed by atoms with Crippen molar-refractivity contribution in [3.05, 3.63) is 35.4 Å². The van der Waals surface area contributed by atoms with E-state index in [9.17, 15) is 14.7 Å². The third-order valence-corrected chi connectivity index (χ3v) is 6.09. The lowest BCUT2D eigenvalue weighted by Crippen LogP contribution is -2.13. The smallest absolute Gasteiger partial charge is 0.303 e. The van der Waals surface area contributed by atoms with Crippen LogP contribution in [0.2, 0.25) is 0 Å². The molecular weight excluding hydrogens is 352 g/mol. The SMILES string of the molecule is CCCCCC(O)c1ccc([C@@H]2CCC(=O)[C@@H]2CCCCCCC(=O)O)cc1. The van der Waals surface area contributed by atoms with Crippen LogP contribution in [0.15, 0.2) is 24.3 Å². The van der Waals surface area contributed by atoms with E-state index in [0.29, 0.717) is 12.2 Å². The lowest BCUT2D eigenvalue weighted by molar-refractivity contribution is -0.137. The first kappa shape index (κ1) is 22.6. The summed E-state index contributed by atoms with van der Waals surface area (Å²) < 4.78 is 0. The Morgan fingerprint density at radius 2 is 1.79 bits per heavy atom. The molecule has 156 valence electrons. The first-order valence-corrected chi connectivity index (χ1v) is 11.0. The number of carboxylic acids is 1. The summed E-state index contributed by atoms with van der Waals surface area (Å²) in [7, 11) is 0. The van der Waals surface area contributed by atoms with Crippen molar-refractivity contribution in [3.8, 4) is 0 Å². The van der Waals surface area contributed by atoms with Gasteiger partial charge in [-0.2, -0.15) is 0 Å². The standard InChI is InChI=1S/C24H36O4/c1-2-3-6-10-22(25)19-14-12-18(13-15-19)20-16-17-23(26)21(20)9-7-4-5-8-11-24(27)28/h12-15,20-22,25H,2-11,16-17H2,1H3,(H,27,28)/t20-,21+,22?/m0/s1. The number of hydrogen-bond donors (Lipinski definition) is 2. The highest BCUT2D eigenvalue weighted by atomic mass is 16.4. The van der Waals surface area contributed by atoms with Gasteiger partial charge in [-0.3, -0.25) is 9.59 Å². The number of aliphatic hydroxyl groups excluding tert-OH is 1. The predicted octanol–water partition coefficient (Wildman–Crippen LogP) is 5.79. The third kappa shape index (κ3) is 7.05. The van der Waals surface area contributed by atoms with Gasteiger partial charge in [0.15, 0.2) is 0 Å². The van der Waals surface area contributed by atoms with E-state index in [-0.39, 0.29) is 18.3 Å². The van der Waals surface area contributed by atoms with Gasteiger partial charge in [-0.05, 0) is 42.7 Å². The number of carbonyl (C=O) groups is 2. The van der Waals surface area contributed by atoms with E-state index in [1.807, 2.05) is 12.1 Å². The lowest BCUT2D eigenvalue weighted by Gasteiger charge is -2.20. The Bertz CT molecular complexity index is 608. The Kier molecular flexibility index (Phi) is 9.69. The summed E-state index contributed by atoms with van der Waals surface area (Å²) in [4.78, 5) is 22.9. The summed E-state index contributed by atoms with van der Waals surface area (Å²) >= 11 is 0. The number of rotatable bonds is 13. The average Bonchev–Trinajstić information content (AvgIpc) is 3.05. The van der Waals surface area contributed by atoms with Crippen molar-refractivity contribution in [2.45, 2.75) is 96.0 Å². The van der Waals surface area contributed by atoms with Crippen molar-refractivity contribution in [1.29, 1.82) is 0 Å². The van der Waals surface area contributed by atoms with E-state index in [1.165, 1.54) is 5.56 Å². The van der Waals surface area contributed by atoms with Crippen LogP contribution >= 0.6 is 0 Å². The molecule has 0 saturated heterocycles. The summed E-state index contributed by atoms with van der Waals surface area (Å²) in [6.07, 6.45) is 10.1. The largest absolute Gasteiger partial charge is 0.481 e. The van der Waals surface area contributed by atoms with Crippen LogP contribution in [0.1, 0.15) is 107 Å². The number of ketones is 1. The Labute approximate surface area is 169 Å². The number of carboxylic acid groups (broad SMARTS) is 1. The molecule has 2 rings (SSSR count). The van der Waals surface area contributed by atoms with E-state index in [1.54, 1.807) is 0 Å². The molecule has 1 fully saturated rings. The van der Waals surface area contributed by atoms with Crippen molar-refractivity contribution < 1.29 is 19.8 Å². The van der Waals surface area contributed by atoms with E-state index < -0.39 is 12.1 Å². The fraction of sp³-hybridized carbons (Fsp3) is 0.667. The summed E-state index contributed by atoms with van der Waals surface area (Å²) in [5.41, 5.74) is 2.19. The van der Waals surface area contributed by atoms with Crippen molar-refractivity contribution in [2.75, 3.05) is 0 Å². The zero-order chi connectivity index (χ0) is 20.4. The molecule has 0 aliphatic heterocycles. The normalized spacial score (nSPS) is 20.4. The van der Waals surface area contributed by atoms with Crippen molar-refractivity contribution in [3.63, 3.8) is 0 Å². The molecule has 0 amide bonds. The van der Waals surface area contributed by atoms with Crippen molar-refractivity contribution in [2.24, 2.45) is 5.92 Å². The topological polar surface area (TPSA) is 74.6 Å². The number of benzene rings is 1. The fourth-order valence-electron chi connectivity index (χ4n) is 4.38. The van der Waals surface area contributed by atoms with Gasteiger partial charge in [0.05, 0.1) is 6.10 Å². The van der Waals surface area contributed by atoms with Gasteiger partial charge >= 0.3 is 5.97 Å². The molecule has 3 atom stereocenters. The second kappa shape index (κ2) is 12.0. The highest BCUT2D eigenvalue weighted by molar-refractivity contribution is 5.84. The highest BCUT2D eigenvalue weighted by Crippen LogP contribution is 2.40. The maximum atomic E-state index is 12.4. The van der Waals surface area contributed by atoms with Crippen LogP contribution < -0.4 is 0 Å². The fourth-order valence-corrected chi connectivity index (χ4v) is 4.38. The molecule has 0 heterocycles. The summed E-state index contributed by atoms with van der Waals surface area (Å²) in [6, 6.07) is 8.25. The third-order valence-electron chi connectivity index (χ3n) is 6.09. The van der Waals surface area contributed by atoms with Gasteiger partial charge in [0, 0.05) is 18.8 Å². The summed E-state index contributed by atoms with van der Waals surface area (Å²) in [5, 5.41) is 19.0. The molecule has 1 aliphatic rings. The maximum absolute atomic E-state index is 12.4. The van der Waals surface area contributed by atoms with E-state index in [2.05, 4.69) is 19.1 Å². The monoisotopic (exact) mass is 388 g/mol. The Morgan fingerprint density at radius 3 is 2.46 bits per heavy atom. The number of aliphatic carboxylic acids is 1. The molecule has 1 aromatic carbocycles. The molecule has 4 nitrogen and oxygen atoms in total. The van der Waals surface area contributed by atoms with Gasteiger partial charge in [-0.15, -0.1) is 0 Å². The molecular formula is C24H36O4. The molecule has 1 aromatic rings. The van der Waals surface area contributed by atoms with Crippen LogP contribution in [-0.2, 0) is 9.59 Å². The van der Waals surface area contributed by atoms with Gasteiger partial charge in [0.1, 0.15) is 5.78 Å². The van der Waals surface area contributed by atoms with Gasteiger partial charge in [-0.25, -0.2) is 0 Å². The Morgan fingerprint density at radius 1 is 1.07 bits per heavy atom. The van der Waals surface area contributed by atoms with Crippen molar-refractivity contribution in [1.82, 2.24) is 0 Å². The molecule has 0 aromatic heterocycles. The first-order valence-electron chi connectivity index (χ1n) is 11.0. The zero-order valence-corrected chi connectivity index (χ0v) is 17.2. The minimum atomic E-state index is -0.732. The number of unbranched alkanes of at least 4 members (excludes halogenated alkanes) is 5. The molecule has 2 N–H and O–H groups in total. The van der Waals surface area contributed by atoms with E-state index in [4.69, 9.17) is 5.11 Å². The lowest BCUT2D eigenvalue weighted by atomic mass is 9.84. The zero-order valence-electron chi connectivity index (χ0n) is 17.2. The summed E-state index contributed by atoms with van der Waals surface area (Å²) in [6.45, 7) is 2.16. The van der Waals surface area contributed by atoms with Crippen LogP contribution in [0.25, 0.3) is 0 Å². The molecule has 1 saturated carbocycles. The van der Waals surface area contributed by atoms with E-state index in [0.717, 1.165) is 69.8 Å². The molecule has 0 bridgehead atoms. The molecule has 28 heavy (non-hydrogen) atoms. The maximum Gasteiger partial charge on any atom is 0.303 e. The predicted molar refractivity (Wildman–Crippen MR) is 111 cm³/mol. The number of aliphatic hydroxyl groups is 1. The van der Waals surface area contributed by atoms with Crippen LogP contribution in [0, 0.1) is 5.92 Å². The second-order valence-electron chi connectivity index (χ2n) is 8.24. The molecule has 1 unspecified atom stereocenters. The highest BCUT2D eigenvalue weighted by Gasteiger charge is 2.34. The first-order chi connectivity index (χ1) is 13.5. The van der Waals surface area contributed by atoms with Crippen LogP contribution in [0.4, 0.5) is 0 Å². The quantitative estimate of drug-likeness (QED) is 0.420. The number of hydrogen-bond acceptors (Lipinski definition) is 3. The molecule has 0 radical (unpaired) electrons. The molecule has 0 spiro atoms. The van der Waals surface area contributed by atoms with Gasteiger partial charge < -0.3 is 10.2 Å². The number of Topliss-reactive ketones (excluding diaryl/α,β-unsaturated/α-hetero) is 1. The molecule has 4 heteroatoms.